The second-order valence-corrected chi connectivity index (χ2v) is 4.68. The average molecular weight is 299 g/mol. The van der Waals surface area contributed by atoms with Gasteiger partial charge in [-0.3, -0.25) is 9.78 Å². The van der Waals surface area contributed by atoms with Crippen LogP contribution in [-0.2, 0) is 4.74 Å². The fourth-order valence-electron chi connectivity index (χ4n) is 1.95. The summed E-state index contributed by atoms with van der Waals surface area (Å²) in [5.74, 6) is 0.502. The zero-order valence-corrected chi connectivity index (χ0v) is 12.8. The summed E-state index contributed by atoms with van der Waals surface area (Å²) in [5, 5.41) is 0. The fourth-order valence-corrected chi connectivity index (χ4v) is 1.95. The minimum absolute atomic E-state index is 0.137. The van der Waals surface area contributed by atoms with Gasteiger partial charge in [0, 0.05) is 24.8 Å². The van der Waals surface area contributed by atoms with Gasteiger partial charge in [0.1, 0.15) is 17.2 Å². The Bertz CT molecular complexity index is 710. The van der Waals surface area contributed by atoms with E-state index in [1.54, 1.807) is 44.2 Å². The molecule has 0 aliphatic rings. The molecule has 1 aromatic heterocycles. The van der Waals surface area contributed by atoms with E-state index in [1.807, 2.05) is 0 Å². The third kappa shape index (κ3) is 3.49. The van der Waals surface area contributed by atoms with Gasteiger partial charge in [-0.05, 0) is 32.0 Å². The molecule has 2 rings (SSSR count). The number of hydrogen-bond acceptors (Lipinski definition) is 5. The van der Waals surface area contributed by atoms with E-state index in [2.05, 4.69) is 4.98 Å². The average Bonchev–Trinajstić information content (AvgIpc) is 2.50. The predicted molar refractivity (Wildman–Crippen MR) is 81.5 cm³/mol. The fraction of sp³-hybridized carbons (Fsp3) is 0.235. The molecule has 0 radical (unpaired) electrons. The number of pyridine rings is 1. The molecular formula is C17H17NO4. The van der Waals surface area contributed by atoms with Crippen LogP contribution in [0, 0.1) is 6.92 Å². The molecule has 0 aliphatic heterocycles. The Kier molecular flexibility index (Phi) is 4.88. The Balaban J connectivity index is 2.30. The first-order valence-electron chi connectivity index (χ1n) is 6.94. The molecule has 0 saturated heterocycles. The quantitative estimate of drug-likeness (QED) is 0.624. The molecule has 0 bridgehead atoms. The second-order valence-electron chi connectivity index (χ2n) is 4.68. The predicted octanol–water partition coefficient (Wildman–Crippen LogP) is 3.56. The highest BCUT2D eigenvalue weighted by Gasteiger charge is 2.14. The number of Topliss-reactive ketones (excluding diaryl/α,β-unsaturated/α-hetero) is 1. The second kappa shape index (κ2) is 6.85. The molecule has 0 aliphatic carbocycles. The Hall–Kier alpha value is -2.69. The third-order valence-corrected chi connectivity index (χ3v) is 3.10. The monoisotopic (exact) mass is 299 g/mol. The molecule has 1 aromatic carbocycles. The summed E-state index contributed by atoms with van der Waals surface area (Å²) in [7, 11) is 0. The van der Waals surface area contributed by atoms with Crippen LogP contribution in [0.1, 0.15) is 40.3 Å². The minimum atomic E-state index is -0.385. The molecule has 5 heteroatoms. The lowest BCUT2D eigenvalue weighted by Gasteiger charge is -2.12. The zero-order valence-electron chi connectivity index (χ0n) is 12.8. The summed E-state index contributed by atoms with van der Waals surface area (Å²) >= 11 is 0. The maximum absolute atomic E-state index is 11.9. The van der Waals surface area contributed by atoms with Gasteiger partial charge in [0.05, 0.1) is 12.2 Å². The van der Waals surface area contributed by atoms with Crippen LogP contribution in [0.15, 0.2) is 36.5 Å². The Morgan fingerprint density at radius 3 is 2.68 bits per heavy atom. The van der Waals surface area contributed by atoms with Crippen LogP contribution in [0.2, 0.25) is 0 Å². The van der Waals surface area contributed by atoms with E-state index in [9.17, 15) is 9.59 Å². The topological polar surface area (TPSA) is 65.5 Å². The smallest absolute Gasteiger partial charge is 0.338 e. The number of nitrogens with zero attached hydrogens (tertiary/aromatic N) is 1. The van der Waals surface area contributed by atoms with Gasteiger partial charge in [0.2, 0.25) is 0 Å². The molecule has 114 valence electrons. The number of ether oxygens (including phenoxy) is 2. The lowest BCUT2D eigenvalue weighted by molar-refractivity contribution is 0.0525. The van der Waals surface area contributed by atoms with Gasteiger partial charge in [0.25, 0.3) is 0 Å². The van der Waals surface area contributed by atoms with Crippen LogP contribution in [0.25, 0.3) is 0 Å². The van der Waals surface area contributed by atoms with Crippen molar-refractivity contribution < 1.29 is 19.1 Å². The van der Waals surface area contributed by atoms with Crippen molar-refractivity contribution in [1.82, 2.24) is 4.98 Å². The molecule has 0 atom stereocenters. The molecule has 0 amide bonds. The first-order chi connectivity index (χ1) is 10.5. The standard InChI is InChI=1S/C17H17NO4/c1-4-21-17(20)14-6-5-7-16(11(14)2)22-13-8-9-18-15(10-13)12(3)19/h5-10H,4H2,1-3H3. The van der Waals surface area contributed by atoms with E-state index in [0.29, 0.717) is 34.9 Å². The third-order valence-electron chi connectivity index (χ3n) is 3.10. The van der Waals surface area contributed by atoms with Crippen molar-refractivity contribution in [3.63, 3.8) is 0 Å². The van der Waals surface area contributed by atoms with Crippen molar-refractivity contribution in [2.24, 2.45) is 0 Å². The van der Waals surface area contributed by atoms with Crippen molar-refractivity contribution in [1.29, 1.82) is 0 Å². The maximum Gasteiger partial charge on any atom is 0.338 e. The van der Waals surface area contributed by atoms with E-state index in [1.165, 1.54) is 13.1 Å². The van der Waals surface area contributed by atoms with Crippen molar-refractivity contribution in [3.05, 3.63) is 53.3 Å². The SMILES string of the molecule is CCOC(=O)c1cccc(Oc2ccnc(C(C)=O)c2)c1C. The van der Waals surface area contributed by atoms with Gasteiger partial charge in [-0.1, -0.05) is 6.07 Å². The summed E-state index contributed by atoms with van der Waals surface area (Å²) < 4.78 is 10.8. The molecule has 0 N–H and O–H groups in total. The zero-order chi connectivity index (χ0) is 16.1. The van der Waals surface area contributed by atoms with E-state index in [4.69, 9.17) is 9.47 Å². The van der Waals surface area contributed by atoms with Crippen molar-refractivity contribution in [2.75, 3.05) is 6.61 Å². The Morgan fingerprint density at radius 1 is 1.23 bits per heavy atom. The van der Waals surface area contributed by atoms with Crippen LogP contribution < -0.4 is 4.74 Å². The van der Waals surface area contributed by atoms with E-state index >= 15 is 0 Å². The minimum Gasteiger partial charge on any atom is -0.462 e. The van der Waals surface area contributed by atoms with Crippen LogP contribution in [0.4, 0.5) is 0 Å². The highest BCUT2D eigenvalue weighted by atomic mass is 16.5. The summed E-state index contributed by atoms with van der Waals surface area (Å²) in [4.78, 5) is 27.2. The lowest BCUT2D eigenvalue weighted by atomic mass is 10.1. The first kappa shape index (κ1) is 15.7. The summed E-state index contributed by atoms with van der Waals surface area (Å²) in [6, 6.07) is 8.39. The lowest BCUT2D eigenvalue weighted by Crippen LogP contribution is -2.07. The number of ketones is 1. The molecule has 2 aromatic rings. The highest BCUT2D eigenvalue weighted by molar-refractivity contribution is 5.92. The molecule has 0 fully saturated rings. The van der Waals surface area contributed by atoms with Crippen molar-refractivity contribution in [3.8, 4) is 11.5 Å². The molecule has 0 unspecified atom stereocenters. The Morgan fingerprint density at radius 2 is 2.00 bits per heavy atom. The van der Waals surface area contributed by atoms with Gasteiger partial charge in [-0.15, -0.1) is 0 Å². The van der Waals surface area contributed by atoms with Crippen molar-refractivity contribution >= 4 is 11.8 Å². The molecule has 22 heavy (non-hydrogen) atoms. The van der Waals surface area contributed by atoms with Crippen LogP contribution in [0.3, 0.4) is 0 Å². The number of carbonyl (C=O) groups excluding carboxylic acids is 2. The Labute approximate surface area is 128 Å². The van der Waals surface area contributed by atoms with Crippen LogP contribution in [0.5, 0.6) is 11.5 Å². The summed E-state index contributed by atoms with van der Waals surface area (Å²) in [5.41, 5.74) is 1.47. The van der Waals surface area contributed by atoms with Gasteiger partial charge >= 0.3 is 5.97 Å². The number of aromatic nitrogens is 1. The number of esters is 1. The molecule has 0 spiro atoms. The van der Waals surface area contributed by atoms with E-state index in [0.717, 1.165) is 0 Å². The summed E-state index contributed by atoms with van der Waals surface area (Å²) in [6.45, 7) is 5.30. The van der Waals surface area contributed by atoms with Gasteiger partial charge in [-0.2, -0.15) is 0 Å². The molecule has 5 nitrogen and oxygen atoms in total. The van der Waals surface area contributed by atoms with Crippen molar-refractivity contribution in [2.45, 2.75) is 20.8 Å². The number of benzene rings is 1. The summed E-state index contributed by atoms with van der Waals surface area (Å²) in [6.07, 6.45) is 1.51. The number of rotatable bonds is 5. The van der Waals surface area contributed by atoms with Crippen LogP contribution >= 0.6 is 0 Å². The largest absolute Gasteiger partial charge is 0.462 e. The number of carbonyl (C=O) groups is 2. The van der Waals surface area contributed by atoms with Gasteiger partial charge in [-0.25, -0.2) is 4.79 Å². The van der Waals surface area contributed by atoms with Gasteiger partial charge in [0.15, 0.2) is 5.78 Å². The maximum atomic E-state index is 11.9. The van der Waals surface area contributed by atoms with E-state index < -0.39 is 0 Å². The first-order valence-corrected chi connectivity index (χ1v) is 6.94. The van der Waals surface area contributed by atoms with Crippen LogP contribution in [-0.4, -0.2) is 23.3 Å². The number of hydrogen-bond donors (Lipinski definition) is 0. The molecule has 0 saturated carbocycles. The van der Waals surface area contributed by atoms with E-state index in [-0.39, 0.29) is 11.8 Å². The molecular weight excluding hydrogens is 282 g/mol. The normalized spacial score (nSPS) is 10.1. The van der Waals surface area contributed by atoms with Gasteiger partial charge < -0.3 is 9.47 Å². The molecule has 1 heterocycles. The highest BCUT2D eigenvalue weighted by Crippen LogP contribution is 2.27.